The van der Waals surface area contributed by atoms with E-state index in [1.165, 1.54) is 12.1 Å². The number of carbonyl (C=O) groups is 1. The van der Waals surface area contributed by atoms with Gasteiger partial charge in [-0.1, -0.05) is 18.5 Å². The molecule has 0 amide bonds. The first-order chi connectivity index (χ1) is 15.5. The van der Waals surface area contributed by atoms with E-state index in [-0.39, 0.29) is 28.9 Å². The number of unbranched alkanes of at least 4 members (excludes halogenated alkanes) is 1. The van der Waals surface area contributed by atoms with Crippen LogP contribution in [0, 0.1) is 5.82 Å². The number of carboxylic acid groups (broad SMARTS) is 1. The second-order valence-corrected chi connectivity index (χ2v) is 8.18. The molecule has 3 rings (SSSR count). The molecule has 0 aliphatic carbocycles. The third-order valence-electron chi connectivity index (χ3n) is 5.28. The largest absolute Gasteiger partial charge is 0.478 e. The molecule has 0 aliphatic heterocycles. The number of halogens is 3. The predicted molar refractivity (Wildman–Crippen MR) is 119 cm³/mol. The maximum absolute atomic E-state index is 14.6. The summed E-state index contributed by atoms with van der Waals surface area (Å²) in [5.41, 5.74) is 0.288. The van der Waals surface area contributed by atoms with Crippen LogP contribution in [0.1, 0.15) is 56.5 Å². The molecule has 1 aromatic heterocycles. The van der Waals surface area contributed by atoms with Crippen molar-refractivity contribution in [2.75, 3.05) is 11.4 Å². The molecule has 1 heterocycles. The molecule has 0 fully saturated rings. The van der Waals surface area contributed by atoms with Crippen LogP contribution < -0.4 is 4.90 Å². The summed E-state index contributed by atoms with van der Waals surface area (Å²) < 4.78 is 48.1. The quantitative estimate of drug-likeness (QED) is 0.399. The van der Waals surface area contributed by atoms with Crippen LogP contribution in [0.5, 0.6) is 0 Å². The van der Waals surface area contributed by atoms with Crippen LogP contribution in [-0.4, -0.2) is 33.8 Å². The molecule has 1 N–H and O–H groups in total. The van der Waals surface area contributed by atoms with Crippen LogP contribution in [0.4, 0.5) is 18.9 Å². The number of hydrogen-bond acceptors (Lipinski definition) is 5. The van der Waals surface area contributed by atoms with E-state index in [2.05, 4.69) is 10.1 Å². The highest BCUT2D eigenvalue weighted by atomic mass is 19.3. The van der Waals surface area contributed by atoms with Crippen molar-refractivity contribution >= 4 is 11.7 Å². The van der Waals surface area contributed by atoms with Gasteiger partial charge in [0.2, 0.25) is 5.82 Å². The van der Waals surface area contributed by atoms with Gasteiger partial charge in [-0.25, -0.2) is 18.0 Å². The van der Waals surface area contributed by atoms with Crippen LogP contribution in [0.25, 0.3) is 22.8 Å². The van der Waals surface area contributed by atoms with Gasteiger partial charge in [-0.2, -0.15) is 4.98 Å². The van der Waals surface area contributed by atoms with Gasteiger partial charge in [-0.05, 0) is 56.7 Å². The fourth-order valence-electron chi connectivity index (χ4n) is 3.54. The highest BCUT2D eigenvalue weighted by molar-refractivity contribution is 5.89. The number of benzene rings is 2. The SMILES string of the molecule is CCCCN(c1ccc(-c2nc(-c3ccc(F)c(C(=O)O)c3)no2)cc1C(C)(F)F)C(C)C. The van der Waals surface area contributed by atoms with Gasteiger partial charge in [0.15, 0.2) is 0 Å². The monoisotopic (exact) mass is 461 g/mol. The summed E-state index contributed by atoms with van der Waals surface area (Å²) in [4.78, 5) is 17.3. The summed E-state index contributed by atoms with van der Waals surface area (Å²) in [5, 5.41) is 12.9. The molecule has 0 spiro atoms. The molecule has 0 aliphatic rings. The fourth-order valence-corrected chi connectivity index (χ4v) is 3.54. The van der Waals surface area contributed by atoms with Crippen LogP contribution >= 0.6 is 0 Å². The molecule has 9 heteroatoms. The molecule has 0 saturated heterocycles. The van der Waals surface area contributed by atoms with Gasteiger partial charge in [-0.3, -0.25) is 0 Å². The van der Waals surface area contributed by atoms with Crippen molar-refractivity contribution in [1.29, 1.82) is 0 Å². The van der Waals surface area contributed by atoms with Gasteiger partial charge in [0.05, 0.1) is 5.56 Å². The van der Waals surface area contributed by atoms with Gasteiger partial charge in [0.1, 0.15) is 5.82 Å². The molecular formula is C24H26F3N3O3. The van der Waals surface area contributed by atoms with E-state index in [0.29, 0.717) is 17.8 Å². The highest BCUT2D eigenvalue weighted by Gasteiger charge is 2.31. The van der Waals surface area contributed by atoms with Gasteiger partial charge >= 0.3 is 5.97 Å². The van der Waals surface area contributed by atoms with Crippen molar-refractivity contribution in [3.8, 4) is 22.8 Å². The van der Waals surface area contributed by atoms with E-state index in [4.69, 9.17) is 9.63 Å². The Bertz CT molecular complexity index is 1140. The van der Waals surface area contributed by atoms with Crippen LogP contribution in [0.2, 0.25) is 0 Å². The summed E-state index contributed by atoms with van der Waals surface area (Å²) in [7, 11) is 0. The molecule has 0 radical (unpaired) electrons. The van der Waals surface area contributed by atoms with E-state index >= 15 is 0 Å². The molecule has 0 atom stereocenters. The van der Waals surface area contributed by atoms with Gasteiger partial charge in [-0.15, -0.1) is 0 Å². The van der Waals surface area contributed by atoms with E-state index in [1.54, 1.807) is 12.1 Å². The predicted octanol–water partition coefficient (Wildman–Crippen LogP) is 6.37. The number of anilines is 1. The van der Waals surface area contributed by atoms with E-state index in [0.717, 1.165) is 31.9 Å². The Morgan fingerprint density at radius 1 is 1.18 bits per heavy atom. The number of rotatable bonds is 9. The third kappa shape index (κ3) is 5.35. The fraction of sp³-hybridized carbons (Fsp3) is 0.375. The number of aromatic nitrogens is 2. The molecule has 0 unspecified atom stereocenters. The van der Waals surface area contributed by atoms with Crippen molar-refractivity contribution in [1.82, 2.24) is 10.1 Å². The maximum Gasteiger partial charge on any atom is 0.338 e. The smallest absolute Gasteiger partial charge is 0.338 e. The van der Waals surface area contributed by atoms with Crippen molar-refractivity contribution in [3.63, 3.8) is 0 Å². The Hall–Kier alpha value is -3.36. The molecule has 3 aromatic rings. The summed E-state index contributed by atoms with van der Waals surface area (Å²) in [5.74, 6) is -5.42. The van der Waals surface area contributed by atoms with E-state index in [9.17, 15) is 18.0 Å². The first-order valence-corrected chi connectivity index (χ1v) is 10.7. The van der Waals surface area contributed by atoms with Crippen molar-refractivity contribution in [2.24, 2.45) is 0 Å². The second kappa shape index (κ2) is 9.64. The average molecular weight is 461 g/mol. The molecule has 6 nitrogen and oxygen atoms in total. The van der Waals surface area contributed by atoms with Gasteiger partial charge in [0, 0.05) is 41.9 Å². The Labute approximate surface area is 190 Å². The topological polar surface area (TPSA) is 79.5 Å². The Morgan fingerprint density at radius 3 is 2.48 bits per heavy atom. The van der Waals surface area contributed by atoms with Gasteiger partial charge in [0.25, 0.3) is 11.8 Å². The lowest BCUT2D eigenvalue weighted by molar-refractivity contribution is 0.0179. The Kier molecular flexibility index (Phi) is 7.09. The average Bonchev–Trinajstić information content (AvgIpc) is 3.23. The first-order valence-electron chi connectivity index (χ1n) is 10.7. The molecule has 0 bridgehead atoms. The molecule has 0 saturated carbocycles. The lowest BCUT2D eigenvalue weighted by Gasteiger charge is -2.32. The van der Waals surface area contributed by atoms with Gasteiger partial charge < -0.3 is 14.5 Å². The lowest BCUT2D eigenvalue weighted by atomic mass is 10.0. The molecule has 33 heavy (non-hydrogen) atoms. The molecular weight excluding hydrogens is 435 g/mol. The number of carboxylic acids is 1. The lowest BCUT2D eigenvalue weighted by Crippen LogP contribution is -2.33. The number of hydrogen-bond donors (Lipinski definition) is 1. The van der Waals surface area contributed by atoms with Crippen LogP contribution in [0.15, 0.2) is 40.9 Å². The maximum atomic E-state index is 14.6. The van der Waals surface area contributed by atoms with Crippen molar-refractivity contribution < 1.29 is 27.6 Å². The summed E-state index contributed by atoms with van der Waals surface area (Å²) in [6.45, 7) is 7.46. The van der Waals surface area contributed by atoms with Crippen molar-refractivity contribution in [3.05, 3.63) is 53.3 Å². The minimum absolute atomic E-state index is 0.00657. The Morgan fingerprint density at radius 2 is 1.88 bits per heavy atom. The van der Waals surface area contributed by atoms with E-state index < -0.39 is 23.3 Å². The minimum Gasteiger partial charge on any atom is -0.478 e. The normalized spacial score (nSPS) is 11.8. The van der Waals surface area contributed by atoms with Crippen LogP contribution in [0.3, 0.4) is 0 Å². The zero-order valence-corrected chi connectivity index (χ0v) is 18.9. The highest BCUT2D eigenvalue weighted by Crippen LogP contribution is 2.38. The standard InChI is InChI=1S/C24H26F3N3O3/c1-5-6-11-30(14(2)3)20-10-8-16(13-18(20)24(4,26)27)22-28-21(29-33-22)15-7-9-19(25)17(12-15)23(31)32/h7-10,12-14H,5-6,11H2,1-4H3,(H,31,32). The third-order valence-corrected chi connectivity index (χ3v) is 5.28. The Balaban J connectivity index is 2.02. The summed E-state index contributed by atoms with van der Waals surface area (Å²) in [6.07, 6.45) is 1.81. The molecule has 176 valence electrons. The zero-order valence-electron chi connectivity index (χ0n) is 18.9. The zero-order chi connectivity index (χ0) is 24.3. The van der Waals surface area contributed by atoms with E-state index in [1.807, 2.05) is 25.7 Å². The number of aromatic carboxylic acids is 1. The van der Waals surface area contributed by atoms with Crippen LogP contribution in [-0.2, 0) is 5.92 Å². The molecule has 2 aromatic carbocycles. The second-order valence-electron chi connectivity index (χ2n) is 8.18. The summed E-state index contributed by atoms with van der Waals surface area (Å²) in [6, 6.07) is 8.03. The van der Waals surface area contributed by atoms with Crippen molar-refractivity contribution in [2.45, 2.75) is 52.5 Å². The first kappa shape index (κ1) is 24.3. The minimum atomic E-state index is -3.11. The number of alkyl halides is 2. The summed E-state index contributed by atoms with van der Waals surface area (Å²) >= 11 is 0. The number of nitrogens with zero attached hydrogens (tertiary/aromatic N) is 3.